The van der Waals surface area contributed by atoms with Crippen LogP contribution in [0.25, 0.3) is 11.3 Å². The third-order valence-corrected chi connectivity index (χ3v) is 4.64. The first-order chi connectivity index (χ1) is 13.9. The summed E-state index contributed by atoms with van der Waals surface area (Å²) in [5.74, 6) is 1.24. The Hall–Kier alpha value is -2.89. The molecule has 0 radical (unpaired) electrons. The third kappa shape index (κ3) is 5.56. The fraction of sp³-hybridized carbons (Fsp3) is 0.353. The lowest BCUT2D eigenvalue weighted by Gasteiger charge is -2.14. The number of hydrogen-bond acceptors (Lipinski definition) is 8. The SMILES string of the molecule is CSc1cnc(NCC(C)CNc2cnc(-c3cn[nH]c3C(F)(F)F)cn2)nc1. The second-order valence-electron chi connectivity index (χ2n) is 6.26. The van der Waals surface area contributed by atoms with Gasteiger partial charge in [-0.25, -0.2) is 15.0 Å². The molecule has 0 aromatic carbocycles. The minimum absolute atomic E-state index is 0.0946. The predicted molar refractivity (Wildman–Crippen MR) is 105 cm³/mol. The molecule has 0 saturated heterocycles. The summed E-state index contributed by atoms with van der Waals surface area (Å²) in [4.78, 5) is 17.6. The Balaban J connectivity index is 1.51. The van der Waals surface area contributed by atoms with Gasteiger partial charge in [-0.05, 0) is 12.2 Å². The van der Waals surface area contributed by atoms with Crippen molar-refractivity contribution in [2.24, 2.45) is 5.92 Å². The topological polar surface area (TPSA) is 104 Å². The molecule has 0 aliphatic carbocycles. The molecule has 12 heteroatoms. The van der Waals surface area contributed by atoms with Crippen LogP contribution in [-0.4, -0.2) is 49.5 Å². The highest BCUT2D eigenvalue weighted by molar-refractivity contribution is 7.98. The maximum atomic E-state index is 12.9. The van der Waals surface area contributed by atoms with Crippen molar-refractivity contribution >= 4 is 23.5 Å². The van der Waals surface area contributed by atoms with Crippen LogP contribution >= 0.6 is 11.8 Å². The van der Waals surface area contributed by atoms with Crippen LogP contribution < -0.4 is 10.6 Å². The van der Waals surface area contributed by atoms with Crippen molar-refractivity contribution in [3.05, 3.63) is 36.7 Å². The molecule has 3 N–H and O–H groups in total. The molecule has 3 rings (SSSR count). The molecule has 154 valence electrons. The molecular formula is C17H19F3N8S. The number of thioether (sulfide) groups is 1. The molecule has 8 nitrogen and oxygen atoms in total. The smallest absolute Gasteiger partial charge is 0.368 e. The molecule has 0 saturated carbocycles. The van der Waals surface area contributed by atoms with E-state index in [0.717, 1.165) is 11.1 Å². The Kier molecular flexibility index (Phi) is 6.52. The van der Waals surface area contributed by atoms with Crippen LogP contribution in [0.15, 0.2) is 35.9 Å². The quantitative estimate of drug-likeness (QED) is 0.472. The van der Waals surface area contributed by atoms with Gasteiger partial charge in [0.1, 0.15) is 11.5 Å². The van der Waals surface area contributed by atoms with E-state index in [1.807, 2.05) is 18.3 Å². The van der Waals surface area contributed by atoms with Gasteiger partial charge in [-0.1, -0.05) is 6.92 Å². The Morgan fingerprint density at radius 3 is 2.34 bits per heavy atom. The van der Waals surface area contributed by atoms with Crippen LogP contribution in [0.1, 0.15) is 12.6 Å². The van der Waals surface area contributed by atoms with Crippen molar-refractivity contribution in [2.45, 2.75) is 18.0 Å². The second kappa shape index (κ2) is 9.07. The lowest BCUT2D eigenvalue weighted by atomic mass is 10.2. The number of nitrogens with one attached hydrogen (secondary N) is 3. The largest absolute Gasteiger partial charge is 0.433 e. The fourth-order valence-corrected chi connectivity index (χ4v) is 2.70. The lowest BCUT2D eigenvalue weighted by molar-refractivity contribution is -0.140. The van der Waals surface area contributed by atoms with Gasteiger partial charge in [0.25, 0.3) is 0 Å². The number of hydrogen-bond donors (Lipinski definition) is 3. The first-order valence-electron chi connectivity index (χ1n) is 8.63. The van der Waals surface area contributed by atoms with Gasteiger partial charge < -0.3 is 10.6 Å². The summed E-state index contributed by atoms with van der Waals surface area (Å²) in [6, 6.07) is 0. The number of aromatic nitrogens is 6. The van der Waals surface area contributed by atoms with E-state index in [-0.39, 0.29) is 17.2 Å². The summed E-state index contributed by atoms with van der Waals surface area (Å²) in [7, 11) is 0. The number of anilines is 2. The van der Waals surface area contributed by atoms with E-state index >= 15 is 0 Å². The predicted octanol–water partition coefficient (Wildman–Crippen LogP) is 3.56. The Morgan fingerprint density at radius 1 is 1.00 bits per heavy atom. The summed E-state index contributed by atoms with van der Waals surface area (Å²) >= 11 is 1.57. The molecule has 0 bridgehead atoms. The molecule has 0 aliphatic rings. The number of alkyl halides is 3. The highest BCUT2D eigenvalue weighted by Gasteiger charge is 2.36. The Morgan fingerprint density at radius 2 is 1.72 bits per heavy atom. The van der Waals surface area contributed by atoms with Crippen molar-refractivity contribution in [3.8, 4) is 11.3 Å². The van der Waals surface area contributed by atoms with Crippen LogP contribution in [0.3, 0.4) is 0 Å². The van der Waals surface area contributed by atoms with Crippen molar-refractivity contribution in [3.63, 3.8) is 0 Å². The molecule has 1 atom stereocenters. The van der Waals surface area contributed by atoms with Crippen molar-refractivity contribution in [2.75, 3.05) is 30.0 Å². The molecule has 3 aromatic rings. The van der Waals surface area contributed by atoms with E-state index in [4.69, 9.17) is 0 Å². The molecule has 3 heterocycles. The average Bonchev–Trinajstić information content (AvgIpc) is 3.22. The zero-order chi connectivity index (χ0) is 20.9. The molecule has 29 heavy (non-hydrogen) atoms. The summed E-state index contributed by atoms with van der Waals surface area (Å²) < 4.78 is 38.8. The number of H-pyrrole nitrogens is 1. The Bertz CT molecular complexity index is 912. The maximum Gasteiger partial charge on any atom is 0.433 e. The van der Waals surface area contributed by atoms with E-state index in [9.17, 15) is 13.2 Å². The maximum absolute atomic E-state index is 12.9. The molecule has 0 spiro atoms. The van der Waals surface area contributed by atoms with Crippen molar-refractivity contribution < 1.29 is 13.2 Å². The van der Waals surface area contributed by atoms with Gasteiger partial charge in [0.05, 0.1) is 29.8 Å². The third-order valence-electron chi connectivity index (χ3n) is 3.95. The molecule has 1 unspecified atom stereocenters. The highest BCUT2D eigenvalue weighted by atomic mass is 32.2. The fourth-order valence-electron chi connectivity index (χ4n) is 2.38. The van der Waals surface area contributed by atoms with Crippen LogP contribution in [0.4, 0.5) is 24.9 Å². The summed E-state index contributed by atoms with van der Waals surface area (Å²) in [5, 5.41) is 11.7. The molecule has 3 aromatic heterocycles. The molecule has 0 fully saturated rings. The van der Waals surface area contributed by atoms with Gasteiger partial charge in [0.15, 0.2) is 0 Å². The summed E-state index contributed by atoms with van der Waals surface area (Å²) in [5.41, 5.74) is -0.987. The van der Waals surface area contributed by atoms with Crippen LogP contribution in [0.2, 0.25) is 0 Å². The minimum atomic E-state index is -4.54. The van der Waals surface area contributed by atoms with E-state index in [0.29, 0.717) is 24.9 Å². The lowest BCUT2D eigenvalue weighted by Crippen LogP contribution is -2.21. The van der Waals surface area contributed by atoms with Crippen molar-refractivity contribution in [1.29, 1.82) is 0 Å². The van der Waals surface area contributed by atoms with Crippen LogP contribution in [0, 0.1) is 5.92 Å². The van der Waals surface area contributed by atoms with Crippen LogP contribution in [0.5, 0.6) is 0 Å². The monoisotopic (exact) mass is 424 g/mol. The first kappa shape index (κ1) is 20.8. The molecular weight excluding hydrogens is 405 g/mol. The number of rotatable bonds is 8. The highest BCUT2D eigenvalue weighted by Crippen LogP contribution is 2.34. The van der Waals surface area contributed by atoms with Crippen molar-refractivity contribution in [1.82, 2.24) is 30.1 Å². The molecule has 0 aliphatic heterocycles. The zero-order valence-corrected chi connectivity index (χ0v) is 16.5. The second-order valence-corrected chi connectivity index (χ2v) is 7.14. The Labute approximate surface area is 169 Å². The number of nitrogens with zero attached hydrogens (tertiary/aromatic N) is 5. The molecule has 0 amide bonds. The van der Waals surface area contributed by atoms with Gasteiger partial charge >= 0.3 is 6.18 Å². The van der Waals surface area contributed by atoms with Gasteiger partial charge in [0.2, 0.25) is 5.95 Å². The zero-order valence-electron chi connectivity index (χ0n) is 15.7. The van der Waals surface area contributed by atoms with Gasteiger partial charge in [-0.15, -0.1) is 11.8 Å². The average molecular weight is 424 g/mol. The summed E-state index contributed by atoms with van der Waals surface area (Å²) in [6.07, 6.45) is 4.70. The van der Waals surface area contributed by atoms with E-state index in [2.05, 4.69) is 35.7 Å². The normalized spacial score (nSPS) is 12.6. The minimum Gasteiger partial charge on any atom is -0.368 e. The van der Waals surface area contributed by atoms with E-state index in [1.54, 1.807) is 24.2 Å². The number of aromatic amines is 1. The summed E-state index contributed by atoms with van der Waals surface area (Å²) in [6.45, 7) is 3.25. The number of halogens is 3. The van der Waals surface area contributed by atoms with Crippen LogP contribution in [-0.2, 0) is 6.18 Å². The van der Waals surface area contributed by atoms with Gasteiger partial charge in [-0.3, -0.25) is 10.1 Å². The van der Waals surface area contributed by atoms with Gasteiger partial charge in [-0.2, -0.15) is 18.3 Å². The standard InChI is InChI=1S/C17H19F3N8S/c1-10(4-24-16-25-5-11(29-2)6-26-16)3-22-14-9-21-13(8-23-14)12-7-27-28-15(12)17(18,19)20/h5-10H,3-4H2,1-2H3,(H,22,23)(H,27,28)(H,24,25,26). The van der Waals surface area contributed by atoms with E-state index in [1.165, 1.54) is 12.4 Å². The van der Waals surface area contributed by atoms with Gasteiger partial charge in [0, 0.05) is 30.4 Å². The van der Waals surface area contributed by atoms with E-state index < -0.39 is 11.9 Å². The first-order valence-corrected chi connectivity index (χ1v) is 9.86.